The Bertz CT molecular complexity index is 1200. The molecule has 1 atom stereocenters. The minimum atomic E-state index is -3.57. The van der Waals surface area contributed by atoms with Crippen molar-refractivity contribution in [1.29, 1.82) is 0 Å². The van der Waals surface area contributed by atoms with Crippen LogP contribution in [0.2, 0.25) is 0 Å². The van der Waals surface area contributed by atoms with Crippen LogP contribution in [0, 0.1) is 19.7 Å². The van der Waals surface area contributed by atoms with E-state index in [-0.39, 0.29) is 11.9 Å². The highest BCUT2D eigenvalue weighted by Crippen LogP contribution is 2.25. The Morgan fingerprint density at radius 1 is 1.00 bits per heavy atom. The molecule has 3 aromatic rings. The number of nitrogens with one attached hydrogen (secondary N) is 1. The van der Waals surface area contributed by atoms with E-state index in [1.54, 1.807) is 28.6 Å². The summed E-state index contributed by atoms with van der Waals surface area (Å²) in [6.07, 6.45) is 0. The number of rotatable bonds is 5. The minimum Gasteiger partial charge on any atom is -0.340 e. The summed E-state index contributed by atoms with van der Waals surface area (Å²) >= 11 is 0. The molecule has 2 heterocycles. The van der Waals surface area contributed by atoms with Gasteiger partial charge >= 0.3 is 0 Å². The Morgan fingerprint density at radius 2 is 1.69 bits per heavy atom. The fourth-order valence-corrected chi connectivity index (χ4v) is 5.38. The average molecular weight is 456 g/mol. The van der Waals surface area contributed by atoms with Gasteiger partial charge in [0.1, 0.15) is 11.6 Å². The van der Waals surface area contributed by atoms with Gasteiger partial charge in [0.15, 0.2) is 0 Å². The van der Waals surface area contributed by atoms with Gasteiger partial charge in [0, 0.05) is 43.1 Å². The molecule has 32 heavy (non-hydrogen) atoms. The molecule has 1 aliphatic heterocycles. The van der Waals surface area contributed by atoms with Gasteiger partial charge in [0.2, 0.25) is 16.0 Å². The number of benzene rings is 2. The highest BCUT2D eigenvalue weighted by Gasteiger charge is 2.34. The van der Waals surface area contributed by atoms with Gasteiger partial charge in [0.25, 0.3) is 0 Å². The highest BCUT2D eigenvalue weighted by atomic mass is 32.2. The lowest BCUT2D eigenvalue weighted by molar-refractivity contribution is 0.305. The van der Waals surface area contributed by atoms with Crippen LogP contribution in [0.15, 0.2) is 59.5 Å². The first-order valence-corrected chi connectivity index (χ1v) is 11.9. The lowest BCUT2D eigenvalue weighted by Gasteiger charge is -2.39. The van der Waals surface area contributed by atoms with Crippen molar-refractivity contribution in [3.05, 3.63) is 71.7 Å². The zero-order valence-electron chi connectivity index (χ0n) is 18.3. The molecule has 4 rings (SSSR count). The maximum Gasteiger partial charge on any atom is 0.243 e. The normalized spacial score (nSPS) is 17.4. The van der Waals surface area contributed by atoms with E-state index in [0.29, 0.717) is 36.3 Å². The summed E-state index contributed by atoms with van der Waals surface area (Å²) < 4.78 is 41.0. The smallest absolute Gasteiger partial charge is 0.243 e. The van der Waals surface area contributed by atoms with Gasteiger partial charge in [0.05, 0.1) is 4.90 Å². The van der Waals surface area contributed by atoms with Crippen molar-refractivity contribution in [3.8, 4) is 0 Å². The molecule has 1 N–H and O–H groups in total. The van der Waals surface area contributed by atoms with E-state index in [2.05, 4.69) is 15.3 Å². The maximum absolute atomic E-state index is 13.2. The van der Waals surface area contributed by atoms with E-state index < -0.39 is 10.0 Å². The van der Waals surface area contributed by atoms with Gasteiger partial charge in [-0.05, 0) is 57.2 Å². The molecular weight excluding hydrogens is 429 g/mol. The molecule has 1 aliphatic rings. The van der Waals surface area contributed by atoms with Gasteiger partial charge in [-0.3, -0.25) is 0 Å². The number of aryl methyl sites for hydroxylation is 2. The van der Waals surface area contributed by atoms with Crippen LogP contribution < -0.4 is 10.2 Å². The van der Waals surface area contributed by atoms with E-state index in [1.165, 1.54) is 12.1 Å². The second-order valence-electron chi connectivity index (χ2n) is 8.05. The summed E-state index contributed by atoms with van der Waals surface area (Å²) in [6, 6.07) is 14.5. The molecule has 1 saturated heterocycles. The number of hydrogen-bond donors (Lipinski definition) is 1. The van der Waals surface area contributed by atoms with Crippen LogP contribution in [0.5, 0.6) is 0 Å². The molecule has 1 fully saturated rings. The van der Waals surface area contributed by atoms with Crippen molar-refractivity contribution in [2.24, 2.45) is 0 Å². The largest absolute Gasteiger partial charge is 0.340 e. The van der Waals surface area contributed by atoms with E-state index in [4.69, 9.17) is 0 Å². The van der Waals surface area contributed by atoms with Crippen LogP contribution in [0.25, 0.3) is 0 Å². The molecule has 1 aromatic heterocycles. The van der Waals surface area contributed by atoms with Crippen molar-refractivity contribution < 1.29 is 12.8 Å². The number of hydrogen-bond acceptors (Lipinski definition) is 6. The Labute approximate surface area is 188 Å². The van der Waals surface area contributed by atoms with Crippen molar-refractivity contribution in [1.82, 2.24) is 14.3 Å². The number of anilines is 3. The molecule has 0 bridgehead atoms. The number of piperazine rings is 1. The molecule has 0 aliphatic carbocycles. The number of aromatic nitrogens is 2. The van der Waals surface area contributed by atoms with Gasteiger partial charge in [-0.25, -0.2) is 17.8 Å². The highest BCUT2D eigenvalue weighted by molar-refractivity contribution is 7.89. The second-order valence-corrected chi connectivity index (χ2v) is 9.94. The summed E-state index contributed by atoms with van der Waals surface area (Å²) in [6.45, 7) is 7.00. The van der Waals surface area contributed by atoms with E-state index in [1.807, 2.05) is 43.9 Å². The molecule has 0 saturated carbocycles. The molecule has 1 unspecified atom stereocenters. The summed E-state index contributed by atoms with van der Waals surface area (Å²) in [7, 11) is -3.57. The van der Waals surface area contributed by atoms with Gasteiger partial charge < -0.3 is 10.2 Å². The summed E-state index contributed by atoms with van der Waals surface area (Å²) in [5.74, 6) is 0.831. The Balaban J connectivity index is 1.51. The SMILES string of the molecule is Cc1ccc(S(=O)(=O)N2CCN(c3nc(C)cc(Nc4ccc(F)cc4)n3)CC2C)cc1. The van der Waals surface area contributed by atoms with Crippen LogP contribution in [0.4, 0.5) is 21.8 Å². The zero-order chi connectivity index (χ0) is 22.9. The number of nitrogens with zero attached hydrogens (tertiary/aromatic N) is 4. The van der Waals surface area contributed by atoms with Crippen molar-refractivity contribution >= 4 is 27.5 Å². The Kier molecular flexibility index (Phi) is 6.12. The molecule has 0 amide bonds. The quantitative estimate of drug-likeness (QED) is 0.629. The summed E-state index contributed by atoms with van der Waals surface area (Å²) in [5, 5.41) is 3.17. The Hall–Kier alpha value is -3.04. The minimum absolute atomic E-state index is 0.243. The molecular formula is C23H26FN5O2S. The Morgan fingerprint density at radius 3 is 2.34 bits per heavy atom. The third-order valence-electron chi connectivity index (χ3n) is 5.44. The monoisotopic (exact) mass is 455 g/mol. The van der Waals surface area contributed by atoms with Crippen LogP contribution in [-0.2, 0) is 10.0 Å². The van der Waals surface area contributed by atoms with E-state index in [0.717, 1.165) is 16.9 Å². The van der Waals surface area contributed by atoms with E-state index in [9.17, 15) is 12.8 Å². The predicted octanol–water partition coefficient (Wildman–Crippen LogP) is 3.88. The van der Waals surface area contributed by atoms with Gasteiger partial charge in [-0.2, -0.15) is 9.29 Å². The maximum atomic E-state index is 13.2. The standard InChI is InChI=1S/C23H26FN5O2S/c1-16-4-10-21(11-5-16)32(30,31)29-13-12-28(15-18(29)3)23-25-17(2)14-22(27-23)26-20-8-6-19(24)7-9-20/h4-11,14,18H,12-13,15H2,1-3H3,(H,25,26,27). The third-order valence-corrected chi connectivity index (χ3v) is 7.46. The zero-order valence-corrected chi connectivity index (χ0v) is 19.1. The molecule has 168 valence electrons. The first kappa shape index (κ1) is 22.2. The number of sulfonamides is 1. The molecule has 0 radical (unpaired) electrons. The lowest BCUT2D eigenvalue weighted by Crippen LogP contribution is -2.54. The molecule has 2 aromatic carbocycles. The first-order valence-electron chi connectivity index (χ1n) is 10.4. The van der Waals surface area contributed by atoms with Crippen LogP contribution in [0.1, 0.15) is 18.2 Å². The van der Waals surface area contributed by atoms with Crippen molar-refractivity contribution in [2.75, 3.05) is 29.9 Å². The number of halogens is 1. The molecule has 9 heteroatoms. The van der Waals surface area contributed by atoms with Crippen LogP contribution in [-0.4, -0.2) is 48.4 Å². The fraction of sp³-hybridized carbons (Fsp3) is 0.304. The fourth-order valence-electron chi connectivity index (χ4n) is 3.76. The van der Waals surface area contributed by atoms with Gasteiger partial charge in [-0.1, -0.05) is 17.7 Å². The van der Waals surface area contributed by atoms with Crippen molar-refractivity contribution in [2.45, 2.75) is 31.7 Å². The van der Waals surface area contributed by atoms with Crippen LogP contribution >= 0.6 is 0 Å². The first-order chi connectivity index (χ1) is 15.2. The topological polar surface area (TPSA) is 78.4 Å². The third kappa shape index (κ3) is 4.73. The average Bonchev–Trinajstić information content (AvgIpc) is 2.75. The summed E-state index contributed by atoms with van der Waals surface area (Å²) in [4.78, 5) is 11.5. The van der Waals surface area contributed by atoms with Gasteiger partial charge in [-0.15, -0.1) is 0 Å². The lowest BCUT2D eigenvalue weighted by atomic mass is 10.2. The van der Waals surface area contributed by atoms with E-state index >= 15 is 0 Å². The second kappa shape index (κ2) is 8.84. The molecule has 0 spiro atoms. The van der Waals surface area contributed by atoms with Crippen LogP contribution in [0.3, 0.4) is 0 Å². The summed E-state index contributed by atoms with van der Waals surface area (Å²) in [5.41, 5.74) is 2.52. The predicted molar refractivity (Wildman–Crippen MR) is 123 cm³/mol. The van der Waals surface area contributed by atoms with Crippen molar-refractivity contribution in [3.63, 3.8) is 0 Å². The molecule has 7 nitrogen and oxygen atoms in total.